The molecule has 0 aromatic rings. The van der Waals surface area contributed by atoms with Gasteiger partial charge in [-0.15, -0.1) is 0 Å². The largest absolute Gasteiger partial charge is 0.480 e. The molecule has 0 bridgehead atoms. The first-order chi connectivity index (χ1) is 6.81. The van der Waals surface area contributed by atoms with Crippen LogP contribution in [0.5, 0.6) is 0 Å². The highest BCUT2D eigenvalue weighted by molar-refractivity contribution is 7.99. The number of carbonyl (C=O) groups is 1. The van der Waals surface area contributed by atoms with Crippen molar-refractivity contribution < 1.29 is 9.90 Å². The van der Waals surface area contributed by atoms with Gasteiger partial charge >= 0.3 is 5.97 Å². The first-order valence-corrected chi connectivity index (χ1v) is 6.49. The van der Waals surface area contributed by atoms with E-state index in [2.05, 4.69) is 19.2 Å². The first-order valence-electron chi connectivity index (χ1n) is 5.44. The van der Waals surface area contributed by atoms with Gasteiger partial charge in [-0.2, -0.15) is 11.8 Å². The van der Waals surface area contributed by atoms with Gasteiger partial charge in [-0.05, 0) is 27.2 Å². The lowest BCUT2D eigenvalue weighted by atomic mass is 10.1. The average Bonchev–Trinajstić information content (AvgIpc) is 2.12. The average molecular weight is 233 g/mol. The van der Waals surface area contributed by atoms with Gasteiger partial charge in [0.15, 0.2) is 0 Å². The molecule has 15 heavy (non-hydrogen) atoms. The van der Waals surface area contributed by atoms with Gasteiger partial charge in [0.1, 0.15) is 5.54 Å². The quantitative estimate of drug-likeness (QED) is 0.709. The van der Waals surface area contributed by atoms with Crippen LogP contribution >= 0.6 is 11.8 Å². The number of aliphatic carboxylic acids is 1. The smallest absolute Gasteiger partial charge is 0.324 e. The van der Waals surface area contributed by atoms with Crippen LogP contribution < -0.4 is 5.32 Å². The van der Waals surface area contributed by atoms with E-state index < -0.39 is 11.5 Å². The zero-order valence-corrected chi connectivity index (χ0v) is 11.1. The van der Waals surface area contributed by atoms with Crippen molar-refractivity contribution in [3.63, 3.8) is 0 Å². The third-order valence-corrected chi connectivity index (χ3v) is 3.96. The Labute approximate surface area is 97.0 Å². The lowest BCUT2D eigenvalue weighted by Gasteiger charge is -2.29. The lowest BCUT2D eigenvalue weighted by Crippen LogP contribution is -2.54. The molecule has 0 amide bonds. The Morgan fingerprint density at radius 2 is 2.00 bits per heavy atom. The molecule has 0 saturated heterocycles. The number of carboxylic acids is 1. The first kappa shape index (κ1) is 14.8. The molecule has 4 heteroatoms. The fraction of sp³-hybridized carbons (Fsp3) is 0.909. The molecule has 0 radical (unpaired) electrons. The minimum atomic E-state index is -0.817. The summed E-state index contributed by atoms with van der Waals surface area (Å²) >= 11 is 1.71. The number of hydrogen-bond acceptors (Lipinski definition) is 3. The van der Waals surface area contributed by atoms with Crippen molar-refractivity contribution in [2.75, 3.05) is 5.75 Å². The van der Waals surface area contributed by atoms with E-state index in [0.717, 1.165) is 6.42 Å². The van der Waals surface area contributed by atoms with Gasteiger partial charge in [-0.1, -0.05) is 13.8 Å². The summed E-state index contributed by atoms with van der Waals surface area (Å²) in [7, 11) is 0. The Kier molecular flexibility index (Phi) is 6.29. The molecule has 0 rings (SSSR count). The Balaban J connectivity index is 4.32. The molecule has 0 heterocycles. The van der Waals surface area contributed by atoms with Gasteiger partial charge in [-0.3, -0.25) is 10.1 Å². The monoisotopic (exact) mass is 233 g/mol. The third kappa shape index (κ3) is 5.42. The number of rotatable bonds is 7. The summed E-state index contributed by atoms with van der Waals surface area (Å²) in [5.74, 6) is -0.165. The molecular formula is C11H23NO2S. The van der Waals surface area contributed by atoms with Crippen LogP contribution in [0.15, 0.2) is 0 Å². The normalized spacial score (nSPS) is 17.5. The fourth-order valence-electron chi connectivity index (χ4n) is 1.23. The van der Waals surface area contributed by atoms with E-state index >= 15 is 0 Å². The second kappa shape index (κ2) is 6.38. The molecule has 0 aliphatic carbocycles. The van der Waals surface area contributed by atoms with E-state index in [0.29, 0.717) is 11.0 Å². The predicted octanol–water partition coefficient (Wildman–Crippen LogP) is 2.36. The zero-order chi connectivity index (χ0) is 12.1. The van der Waals surface area contributed by atoms with E-state index in [1.165, 1.54) is 0 Å². The molecule has 2 atom stereocenters. The molecule has 2 N–H and O–H groups in total. The summed E-state index contributed by atoms with van der Waals surface area (Å²) in [6.07, 6.45) is 1.07. The van der Waals surface area contributed by atoms with Gasteiger partial charge in [-0.25, -0.2) is 0 Å². The van der Waals surface area contributed by atoms with Crippen molar-refractivity contribution in [2.24, 2.45) is 0 Å². The number of thioether (sulfide) groups is 1. The zero-order valence-electron chi connectivity index (χ0n) is 10.3. The summed E-state index contributed by atoms with van der Waals surface area (Å²) in [6, 6.07) is 0.184. The van der Waals surface area contributed by atoms with Crippen LogP contribution in [0.25, 0.3) is 0 Å². The molecule has 0 spiro atoms. The summed E-state index contributed by atoms with van der Waals surface area (Å²) < 4.78 is 0. The standard InChI is InChI=1S/C11H23NO2S/c1-6-9(4)15-7-11(5,10(13)14)12-8(2)3/h8-9,12H,6-7H2,1-5H3,(H,13,14). The Hall–Kier alpha value is -0.220. The minimum absolute atomic E-state index is 0.184. The van der Waals surface area contributed by atoms with E-state index in [1.54, 1.807) is 18.7 Å². The lowest BCUT2D eigenvalue weighted by molar-refractivity contribution is -0.143. The maximum Gasteiger partial charge on any atom is 0.324 e. The van der Waals surface area contributed by atoms with E-state index in [1.807, 2.05) is 13.8 Å². The van der Waals surface area contributed by atoms with Crippen LogP contribution in [0.1, 0.15) is 41.0 Å². The van der Waals surface area contributed by atoms with Crippen molar-refractivity contribution in [3.05, 3.63) is 0 Å². The molecule has 2 unspecified atom stereocenters. The second-order valence-electron chi connectivity index (χ2n) is 4.47. The van der Waals surface area contributed by atoms with E-state index in [9.17, 15) is 9.90 Å². The molecule has 0 aromatic heterocycles. The van der Waals surface area contributed by atoms with Gasteiger partial charge in [0.2, 0.25) is 0 Å². The molecule has 3 nitrogen and oxygen atoms in total. The molecule has 90 valence electrons. The third-order valence-electron chi connectivity index (χ3n) is 2.31. The predicted molar refractivity (Wildman–Crippen MR) is 66.5 cm³/mol. The molecular weight excluding hydrogens is 210 g/mol. The Morgan fingerprint density at radius 1 is 1.47 bits per heavy atom. The highest BCUT2D eigenvalue weighted by Crippen LogP contribution is 2.20. The van der Waals surface area contributed by atoms with E-state index in [-0.39, 0.29) is 6.04 Å². The maximum atomic E-state index is 11.2. The fourth-order valence-corrected chi connectivity index (χ4v) is 2.29. The topological polar surface area (TPSA) is 49.3 Å². The van der Waals surface area contributed by atoms with Crippen molar-refractivity contribution in [3.8, 4) is 0 Å². The van der Waals surface area contributed by atoms with Crippen LogP contribution in [0.3, 0.4) is 0 Å². The van der Waals surface area contributed by atoms with Crippen LogP contribution in [0, 0.1) is 0 Å². The molecule has 0 fully saturated rings. The van der Waals surface area contributed by atoms with Crippen molar-refractivity contribution in [2.45, 2.75) is 57.9 Å². The van der Waals surface area contributed by atoms with Crippen molar-refractivity contribution >= 4 is 17.7 Å². The minimum Gasteiger partial charge on any atom is -0.480 e. The van der Waals surface area contributed by atoms with Crippen LogP contribution in [-0.2, 0) is 4.79 Å². The van der Waals surface area contributed by atoms with Gasteiger partial charge < -0.3 is 5.11 Å². The van der Waals surface area contributed by atoms with E-state index in [4.69, 9.17) is 0 Å². The highest BCUT2D eigenvalue weighted by Gasteiger charge is 2.33. The van der Waals surface area contributed by atoms with Gasteiger partial charge in [0, 0.05) is 17.0 Å². The van der Waals surface area contributed by atoms with Gasteiger partial charge in [0.25, 0.3) is 0 Å². The second-order valence-corrected chi connectivity index (χ2v) is 5.89. The summed E-state index contributed by atoms with van der Waals surface area (Å²) in [5.41, 5.74) is -0.817. The SMILES string of the molecule is CCC(C)SCC(C)(NC(C)C)C(=O)O. The highest BCUT2D eigenvalue weighted by atomic mass is 32.2. The summed E-state index contributed by atoms with van der Waals surface area (Å²) in [5, 5.41) is 12.8. The Morgan fingerprint density at radius 3 is 2.33 bits per heavy atom. The van der Waals surface area contributed by atoms with Crippen molar-refractivity contribution in [1.82, 2.24) is 5.32 Å². The summed E-state index contributed by atoms with van der Waals surface area (Å²) in [4.78, 5) is 11.2. The maximum absolute atomic E-state index is 11.2. The van der Waals surface area contributed by atoms with Crippen LogP contribution in [0.2, 0.25) is 0 Å². The Bertz CT molecular complexity index is 209. The number of carboxylic acid groups (broad SMARTS) is 1. The molecule has 0 aromatic carbocycles. The molecule has 0 saturated carbocycles. The summed E-state index contributed by atoms with van der Waals surface area (Å²) in [6.45, 7) is 9.93. The van der Waals surface area contributed by atoms with Crippen molar-refractivity contribution in [1.29, 1.82) is 0 Å². The van der Waals surface area contributed by atoms with Crippen LogP contribution in [0.4, 0.5) is 0 Å². The number of nitrogens with one attached hydrogen (secondary N) is 1. The molecule has 0 aliphatic rings. The molecule has 0 aliphatic heterocycles. The van der Waals surface area contributed by atoms with Gasteiger partial charge in [0.05, 0.1) is 0 Å². The number of hydrogen-bond donors (Lipinski definition) is 2. The van der Waals surface area contributed by atoms with Crippen LogP contribution in [-0.4, -0.2) is 33.7 Å².